The molecule has 0 fully saturated rings. The van der Waals surface area contributed by atoms with Gasteiger partial charge in [0, 0.05) is 0 Å². The second-order valence-corrected chi connectivity index (χ2v) is 2.92. The molecule has 0 rings (SSSR count). The minimum Gasteiger partial charge on any atom is -0.343 e. The molecule has 0 aliphatic rings. The van der Waals surface area contributed by atoms with E-state index in [9.17, 15) is 14.4 Å². The minimum atomic E-state index is -0.315. The molecule has 88 valence electrons. The molecule has 0 aromatic carbocycles. The fraction of sp³-hybridized carbons (Fsp3) is 0.667. The number of hydrogen-bond donors (Lipinski definition) is 3. The highest BCUT2D eigenvalue weighted by molar-refractivity contribution is 5.96. The molecule has 0 aliphatic heterocycles. The Morgan fingerprint density at radius 1 is 1.13 bits per heavy atom. The molecule has 0 heterocycles. The van der Waals surface area contributed by atoms with E-state index in [-0.39, 0.29) is 30.6 Å². The van der Waals surface area contributed by atoms with Crippen molar-refractivity contribution in [1.29, 1.82) is 0 Å². The first kappa shape index (κ1) is 16.2. The molecule has 0 unspecified atom stereocenters. The number of likely N-dealkylation sites (N-methyl/N-ethyl adjacent to an activating group) is 1. The Morgan fingerprint density at radius 3 is 1.87 bits per heavy atom. The summed E-state index contributed by atoms with van der Waals surface area (Å²) in [6, 6.07) is 0. The summed E-state index contributed by atoms with van der Waals surface area (Å²) in [5, 5.41) is 5.01. The van der Waals surface area contributed by atoms with E-state index in [1.54, 1.807) is 14.0 Å². The van der Waals surface area contributed by atoms with Crippen molar-refractivity contribution in [1.82, 2.24) is 10.6 Å². The smallest absolute Gasteiger partial charge is 0.228 e. The molecule has 1 amide bonds. The van der Waals surface area contributed by atoms with Crippen LogP contribution in [0.3, 0.4) is 0 Å². The maximum Gasteiger partial charge on any atom is 0.228 e. The summed E-state index contributed by atoms with van der Waals surface area (Å²) in [6.45, 7) is 3.48. The third-order valence-corrected chi connectivity index (χ3v) is 1.13. The van der Waals surface area contributed by atoms with E-state index in [0.29, 0.717) is 6.54 Å². The fourth-order valence-electron chi connectivity index (χ4n) is 0.651. The summed E-state index contributed by atoms with van der Waals surface area (Å²) in [5.74, 6) is -0.288. The van der Waals surface area contributed by atoms with Gasteiger partial charge in [0.15, 0.2) is 0 Å². The summed E-state index contributed by atoms with van der Waals surface area (Å²) in [5.41, 5.74) is 4.96. The molecule has 0 saturated carbocycles. The van der Waals surface area contributed by atoms with Gasteiger partial charge in [0.2, 0.25) is 5.91 Å². The zero-order valence-corrected chi connectivity index (χ0v) is 9.42. The van der Waals surface area contributed by atoms with E-state index in [0.717, 1.165) is 0 Å². The van der Waals surface area contributed by atoms with Gasteiger partial charge in [-0.15, -0.1) is 0 Å². The second kappa shape index (κ2) is 10.8. The maximum absolute atomic E-state index is 10.4. The lowest BCUT2D eigenvalue weighted by atomic mass is 10.3. The van der Waals surface area contributed by atoms with Crippen molar-refractivity contribution < 1.29 is 14.4 Å². The van der Waals surface area contributed by atoms with E-state index in [4.69, 9.17) is 5.73 Å². The van der Waals surface area contributed by atoms with Crippen molar-refractivity contribution in [3.8, 4) is 0 Å². The topological polar surface area (TPSA) is 101 Å². The number of Topliss-reactive ketones (excluding diaryl/α,β-unsaturated/α-hetero) is 2. The van der Waals surface area contributed by atoms with Crippen LogP contribution in [0.1, 0.15) is 20.3 Å². The van der Waals surface area contributed by atoms with Crippen molar-refractivity contribution in [2.24, 2.45) is 5.73 Å². The highest BCUT2D eigenvalue weighted by Crippen LogP contribution is 1.78. The molecule has 0 spiro atoms. The number of carbonyl (C=O) groups is 3. The Bertz CT molecular complexity index is 217. The Kier molecular flexibility index (Phi) is 11.7. The Balaban J connectivity index is 0. The lowest BCUT2D eigenvalue weighted by Crippen LogP contribution is -2.30. The predicted molar refractivity (Wildman–Crippen MR) is 57.1 cm³/mol. The van der Waals surface area contributed by atoms with Crippen molar-refractivity contribution >= 4 is 17.5 Å². The van der Waals surface area contributed by atoms with Gasteiger partial charge in [-0.25, -0.2) is 0 Å². The third kappa shape index (κ3) is 19.2. The van der Waals surface area contributed by atoms with Gasteiger partial charge in [0.05, 0.1) is 19.6 Å². The molecule has 0 aliphatic carbocycles. The first-order valence-corrected chi connectivity index (χ1v) is 4.54. The Hall–Kier alpha value is -1.27. The molecular weight excluding hydrogens is 198 g/mol. The molecule has 0 bridgehead atoms. The number of ketones is 2. The number of nitrogens with two attached hydrogens (primary N) is 1. The Morgan fingerprint density at radius 2 is 1.67 bits per heavy atom. The molecule has 6 nitrogen and oxygen atoms in total. The van der Waals surface area contributed by atoms with Crippen LogP contribution in [0.15, 0.2) is 0 Å². The van der Waals surface area contributed by atoms with Crippen molar-refractivity contribution in [3.05, 3.63) is 0 Å². The van der Waals surface area contributed by atoms with E-state index < -0.39 is 0 Å². The third-order valence-electron chi connectivity index (χ3n) is 1.13. The van der Waals surface area contributed by atoms with Crippen LogP contribution < -0.4 is 16.4 Å². The van der Waals surface area contributed by atoms with Crippen LogP contribution in [0.4, 0.5) is 0 Å². The molecule has 6 heteroatoms. The summed E-state index contributed by atoms with van der Waals surface area (Å²) in [6.07, 6.45) is -0.0722. The van der Waals surface area contributed by atoms with Crippen LogP contribution in [0.25, 0.3) is 0 Å². The zero-order chi connectivity index (χ0) is 12.3. The van der Waals surface area contributed by atoms with Gasteiger partial charge < -0.3 is 16.4 Å². The summed E-state index contributed by atoms with van der Waals surface area (Å²) in [4.78, 5) is 30.7. The van der Waals surface area contributed by atoms with E-state index >= 15 is 0 Å². The number of carbonyl (C=O) groups excluding carboxylic acids is 3. The fourth-order valence-corrected chi connectivity index (χ4v) is 0.651. The average Bonchev–Trinajstić information content (AvgIpc) is 2.03. The molecule has 0 aromatic heterocycles. The van der Waals surface area contributed by atoms with Crippen LogP contribution in [0.2, 0.25) is 0 Å². The number of amides is 1. The van der Waals surface area contributed by atoms with Crippen LogP contribution in [-0.2, 0) is 14.4 Å². The van der Waals surface area contributed by atoms with Crippen molar-refractivity contribution in [2.45, 2.75) is 20.3 Å². The molecule has 0 saturated heterocycles. The second-order valence-electron chi connectivity index (χ2n) is 2.92. The summed E-state index contributed by atoms with van der Waals surface area (Å²) >= 11 is 0. The first-order valence-electron chi connectivity index (χ1n) is 4.54. The SMILES string of the molecule is CC(=O)CC(=O)NCN.CNCC(C)=O. The molecule has 15 heavy (non-hydrogen) atoms. The van der Waals surface area contributed by atoms with Gasteiger partial charge in [0.1, 0.15) is 11.6 Å². The zero-order valence-electron chi connectivity index (χ0n) is 9.42. The van der Waals surface area contributed by atoms with E-state index in [2.05, 4.69) is 10.6 Å². The highest BCUT2D eigenvalue weighted by atomic mass is 16.2. The average molecular weight is 217 g/mol. The monoisotopic (exact) mass is 217 g/mol. The van der Waals surface area contributed by atoms with Gasteiger partial charge in [-0.2, -0.15) is 0 Å². The number of nitrogens with one attached hydrogen (secondary N) is 2. The van der Waals surface area contributed by atoms with E-state index in [1.165, 1.54) is 6.92 Å². The lowest BCUT2D eigenvalue weighted by Gasteiger charge is -1.96. The Labute approximate surface area is 89.6 Å². The van der Waals surface area contributed by atoms with Crippen molar-refractivity contribution in [3.63, 3.8) is 0 Å². The largest absolute Gasteiger partial charge is 0.343 e. The molecule has 0 aromatic rings. The van der Waals surface area contributed by atoms with Gasteiger partial charge in [0.25, 0.3) is 0 Å². The number of rotatable bonds is 5. The predicted octanol–water partition coefficient (Wildman–Crippen LogP) is -1.21. The van der Waals surface area contributed by atoms with Crippen LogP contribution in [0.5, 0.6) is 0 Å². The van der Waals surface area contributed by atoms with Gasteiger partial charge >= 0.3 is 0 Å². The number of hydrogen-bond acceptors (Lipinski definition) is 5. The molecule has 4 N–H and O–H groups in total. The van der Waals surface area contributed by atoms with Crippen LogP contribution in [-0.4, -0.2) is 37.7 Å². The van der Waals surface area contributed by atoms with Crippen molar-refractivity contribution in [2.75, 3.05) is 20.3 Å². The lowest BCUT2D eigenvalue weighted by molar-refractivity contribution is -0.127. The van der Waals surface area contributed by atoms with Gasteiger partial charge in [-0.1, -0.05) is 0 Å². The molecule has 0 atom stereocenters. The normalized spacial score (nSPS) is 8.53. The molecule has 0 radical (unpaired) electrons. The van der Waals surface area contributed by atoms with Crippen LogP contribution in [0, 0.1) is 0 Å². The van der Waals surface area contributed by atoms with Crippen LogP contribution >= 0.6 is 0 Å². The van der Waals surface area contributed by atoms with Gasteiger partial charge in [-0.05, 0) is 20.9 Å². The molecular formula is C9H19N3O3. The van der Waals surface area contributed by atoms with E-state index in [1.807, 2.05) is 0 Å². The summed E-state index contributed by atoms with van der Waals surface area (Å²) in [7, 11) is 1.75. The maximum atomic E-state index is 10.4. The standard InChI is InChI=1S/C5H10N2O2.C4H9NO/c1-4(8)2-5(9)7-3-6;1-4(6)3-5-2/h2-3,6H2,1H3,(H,7,9);5H,3H2,1-2H3. The summed E-state index contributed by atoms with van der Waals surface area (Å²) < 4.78 is 0. The quantitative estimate of drug-likeness (QED) is 0.396. The first-order chi connectivity index (χ1) is 6.93. The highest BCUT2D eigenvalue weighted by Gasteiger charge is 2.01. The van der Waals surface area contributed by atoms with Gasteiger partial charge in [-0.3, -0.25) is 14.4 Å². The minimum absolute atomic E-state index is 0.0722.